The molecule has 1 saturated heterocycles. The fourth-order valence-electron chi connectivity index (χ4n) is 7.74. The number of rotatable bonds is 13. The van der Waals surface area contributed by atoms with E-state index in [1.54, 1.807) is 47.0 Å². The minimum atomic E-state index is -1.19. The fraction of sp³-hybridized carbons (Fsp3) is 0.488. The number of aryl methyl sites for hydroxylation is 1. The molecule has 0 bridgehead atoms. The molecule has 56 heavy (non-hydrogen) atoms. The number of amides is 4. The number of pyridine rings is 1. The first-order valence-corrected chi connectivity index (χ1v) is 19.6. The number of alkyl carbamates (subject to hydrolysis) is 1. The van der Waals surface area contributed by atoms with E-state index in [0.717, 1.165) is 11.1 Å². The molecule has 3 aromatic rings. The Kier molecular flexibility index (Phi) is 13.7. The minimum Gasteiger partial charge on any atom is -0.464 e. The Labute approximate surface area is 328 Å². The Morgan fingerprint density at radius 3 is 2.30 bits per heavy atom. The number of hydrogen-bond acceptors (Lipinski definition) is 8. The number of carbonyl (C=O) groups is 5. The number of aromatic nitrogens is 1. The summed E-state index contributed by atoms with van der Waals surface area (Å²) in [7, 11) is 1.60. The monoisotopic (exact) mass is 769 g/mol. The van der Waals surface area contributed by atoms with Crippen LogP contribution < -0.4 is 21.5 Å². The molecule has 13 nitrogen and oxygen atoms in total. The lowest BCUT2D eigenvalue weighted by Crippen LogP contribution is -2.54. The zero-order valence-corrected chi connectivity index (χ0v) is 33.1. The average Bonchev–Trinajstić information content (AvgIpc) is 3.17. The average molecular weight is 770 g/mol. The van der Waals surface area contributed by atoms with Crippen molar-refractivity contribution >= 4 is 29.8 Å². The number of ether oxygens (including phenoxy) is 2. The van der Waals surface area contributed by atoms with Gasteiger partial charge in [0.15, 0.2) is 0 Å². The van der Waals surface area contributed by atoms with Crippen molar-refractivity contribution in [1.29, 1.82) is 0 Å². The lowest BCUT2D eigenvalue weighted by Gasteiger charge is -2.43. The van der Waals surface area contributed by atoms with Crippen molar-refractivity contribution in [2.24, 2.45) is 7.05 Å². The second kappa shape index (κ2) is 18.4. The summed E-state index contributed by atoms with van der Waals surface area (Å²) in [6.07, 6.45) is 4.26. The van der Waals surface area contributed by atoms with Gasteiger partial charge in [0.25, 0.3) is 11.5 Å². The van der Waals surface area contributed by atoms with Crippen LogP contribution in [0.15, 0.2) is 77.7 Å². The van der Waals surface area contributed by atoms with Crippen LogP contribution in [-0.4, -0.2) is 83.2 Å². The molecule has 0 saturated carbocycles. The van der Waals surface area contributed by atoms with Gasteiger partial charge in [-0.2, -0.15) is 0 Å². The Balaban J connectivity index is 1.31. The summed E-state index contributed by atoms with van der Waals surface area (Å²) >= 11 is 0. The second-order valence-electron chi connectivity index (χ2n) is 15.6. The number of benzene rings is 2. The van der Waals surface area contributed by atoms with Gasteiger partial charge in [0.05, 0.1) is 17.9 Å². The summed E-state index contributed by atoms with van der Waals surface area (Å²) in [6.45, 7) is 8.46. The third-order valence-corrected chi connectivity index (χ3v) is 10.5. The number of likely N-dealkylation sites (tertiary alicyclic amines) is 1. The normalized spacial score (nSPS) is 18.9. The lowest BCUT2D eigenvalue weighted by atomic mass is 9.62. The number of esters is 1. The van der Waals surface area contributed by atoms with Gasteiger partial charge in [-0.15, -0.1) is 0 Å². The van der Waals surface area contributed by atoms with Crippen molar-refractivity contribution in [3.05, 3.63) is 106 Å². The molecule has 3 N–H and O–H groups in total. The van der Waals surface area contributed by atoms with Crippen LogP contribution in [0.3, 0.4) is 0 Å². The topological polar surface area (TPSA) is 165 Å². The van der Waals surface area contributed by atoms with Crippen LogP contribution in [0.2, 0.25) is 0 Å². The summed E-state index contributed by atoms with van der Waals surface area (Å²) in [4.78, 5) is 81.7. The Morgan fingerprint density at radius 1 is 0.911 bits per heavy atom. The highest BCUT2D eigenvalue weighted by Gasteiger charge is 2.49. The quantitative estimate of drug-likeness (QED) is 0.166. The van der Waals surface area contributed by atoms with E-state index in [0.29, 0.717) is 70.1 Å². The van der Waals surface area contributed by atoms with Crippen LogP contribution >= 0.6 is 0 Å². The van der Waals surface area contributed by atoms with E-state index in [2.05, 4.69) is 16.0 Å². The van der Waals surface area contributed by atoms with Gasteiger partial charge >= 0.3 is 12.1 Å². The Hall–Kier alpha value is -5.46. The summed E-state index contributed by atoms with van der Waals surface area (Å²) < 4.78 is 12.1. The van der Waals surface area contributed by atoms with E-state index in [4.69, 9.17) is 9.47 Å². The third kappa shape index (κ3) is 9.85. The summed E-state index contributed by atoms with van der Waals surface area (Å²) in [6, 6.07) is 19.1. The summed E-state index contributed by atoms with van der Waals surface area (Å²) in [5.41, 5.74) is 0.138. The summed E-state index contributed by atoms with van der Waals surface area (Å²) in [5, 5.41) is 8.75. The molecule has 2 aromatic carbocycles. The molecule has 5 rings (SSSR count). The standard InChI is InChI=1S/C43H55N5O8/c1-6-55-39(52)35(20-12-13-25-44-41(54)56-42(2,3)4)46-40(53)43(29-15-8-7-9-16-29)24-21-32(31-17-10-11-19-34(31)43)38(51)48-27-22-30(23-28-48)45-36(49)33-18-14-26-47(5)37(33)50/h7-11,14-19,26,30,32,35H,6,12-13,20-25,27-28H2,1-5H3,(H,44,54)(H,45,49)(H,46,53)/t32-,35-,43+/m0/s1. The van der Waals surface area contributed by atoms with Crippen LogP contribution in [0.25, 0.3) is 0 Å². The third-order valence-electron chi connectivity index (χ3n) is 10.5. The van der Waals surface area contributed by atoms with Crippen molar-refractivity contribution in [3.8, 4) is 0 Å². The largest absolute Gasteiger partial charge is 0.464 e. The highest BCUT2D eigenvalue weighted by Crippen LogP contribution is 2.48. The molecule has 2 heterocycles. The molecular formula is C43H55N5O8. The molecule has 1 fully saturated rings. The van der Waals surface area contributed by atoms with Gasteiger partial charge in [0, 0.05) is 38.9 Å². The second-order valence-corrected chi connectivity index (χ2v) is 15.6. The molecule has 2 aliphatic rings. The molecule has 0 radical (unpaired) electrons. The SMILES string of the molecule is CCOC(=O)[C@H](CCCCNC(=O)OC(C)(C)C)NC(=O)[C@@]1(c2ccccc2)CC[C@H](C(=O)N2CCC(NC(=O)c3cccn(C)c3=O)CC2)c2ccccc21. The maximum absolute atomic E-state index is 14.8. The van der Waals surface area contributed by atoms with Crippen LogP contribution in [0, 0.1) is 0 Å². The van der Waals surface area contributed by atoms with Crippen LogP contribution in [0.1, 0.15) is 106 Å². The van der Waals surface area contributed by atoms with Crippen LogP contribution in [0.4, 0.5) is 4.79 Å². The van der Waals surface area contributed by atoms with Crippen molar-refractivity contribution < 1.29 is 33.4 Å². The highest BCUT2D eigenvalue weighted by atomic mass is 16.6. The van der Waals surface area contributed by atoms with Gasteiger partial charge in [-0.1, -0.05) is 54.6 Å². The van der Waals surface area contributed by atoms with Gasteiger partial charge in [0.2, 0.25) is 11.8 Å². The molecule has 4 amide bonds. The van der Waals surface area contributed by atoms with Gasteiger partial charge in [0.1, 0.15) is 17.2 Å². The molecule has 0 spiro atoms. The molecule has 300 valence electrons. The smallest absolute Gasteiger partial charge is 0.407 e. The molecule has 1 aromatic heterocycles. The van der Waals surface area contributed by atoms with Crippen LogP contribution in [0.5, 0.6) is 0 Å². The first kappa shape index (κ1) is 41.7. The molecule has 3 atom stereocenters. The van der Waals surface area contributed by atoms with Gasteiger partial charge in [-0.25, -0.2) is 9.59 Å². The molecule has 1 aliphatic heterocycles. The number of nitrogens with one attached hydrogen (secondary N) is 3. The first-order valence-electron chi connectivity index (χ1n) is 19.6. The number of unbranched alkanes of at least 4 members (excludes halogenated alkanes) is 1. The summed E-state index contributed by atoms with van der Waals surface area (Å²) in [5.74, 6) is -1.84. The fourth-order valence-corrected chi connectivity index (χ4v) is 7.74. The molecule has 1 aliphatic carbocycles. The number of carbonyl (C=O) groups excluding carboxylic acids is 5. The molecule has 13 heteroatoms. The zero-order chi connectivity index (χ0) is 40.5. The van der Waals surface area contributed by atoms with Gasteiger partial charge < -0.3 is 34.9 Å². The molecule has 0 unspecified atom stereocenters. The predicted molar refractivity (Wildman–Crippen MR) is 211 cm³/mol. The predicted octanol–water partition coefficient (Wildman–Crippen LogP) is 4.71. The maximum atomic E-state index is 14.8. The minimum absolute atomic E-state index is 0.0365. The molecular weight excluding hydrogens is 714 g/mol. The number of fused-ring (bicyclic) bond motifs is 1. The van der Waals surface area contributed by atoms with Crippen molar-refractivity contribution in [2.45, 2.75) is 102 Å². The van der Waals surface area contributed by atoms with Crippen molar-refractivity contribution in [2.75, 3.05) is 26.2 Å². The van der Waals surface area contributed by atoms with Crippen LogP contribution in [-0.2, 0) is 36.3 Å². The first-order chi connectivity index (χ1) is 26.7. The highest BCUT2D eigenvalue weighted by molar-refractivity contribution is 5.97. The van der Waals surface area contributed by atoms with Gasteiger partial charge in [-0.05, 0) is 101 Å². The number of nitrogens with zero attached hydrogens (tertiary/aromatic N) is 2. The van der Waals surface area contributed by atoms with E-state index in [1.165, 1.54) is 10.6 Å². The number of piperidine rings is 1. The van der Waals surface area contributed by atoms with E-state index in [-0.39, 0.29) is 35.6 Å². The van der Waals surface area contributed by atoms with Crippen molar-refractivity contribution in [1.82, 2.24) is 25.4 Å². The lowest BCUT2D eigenvalue weighted by molar-refractivity contribution is -0.148. The zero-order valence-electron chi connectivity index (χ0n) is 33.1. The van der Waals surface area contributed by atoms with E-state index in [1.807, 2.05) is 59.5 Å². The van der Waals surface area contributed by atoms with E-state index in [9.17, 15) is 28.8 Å². The Morgan fingerprint density at radius 2 is 1.61 bits per heavy atom. The van der Waals surface area contributed by atoms with E-state index < -0.39 is 40.9 Å². The number of hydrogen-bond donors (Lipinski definition) is 3. The van der Waals surface area contributed by atoms with Gasteiger partial charge in [-0.3, -0.25) is 19.2 Å². The van der Waals surface area contributed by atoms with E-state index >= 15 is 0 Å². The maximum Gasteiger partial charge on any atom is 0.407 e. The Bertz CT molecular complexity index is 1930. The van der Waals surface area contributed by atoms with Crippen molar-refractivity contribution in [3.63, 3.8) is 0 Å².